The van der Waals surface area contributed by atoms with Crippen LogP contribution in [0.25, 0.3) is 16.8 Å². The summed E-state index contributed by atoms with van der Waals surface area (Å²) in [5, 5.41) is 5.03. The lowest BCUT2D eigenvalue weighted by molar-refractivity contribution is -0.148. The molecule has 2 aromatic carbocycles. The zero-order chi connectivity index (χ0) is 27.0. The lowest BCUT2D eigenvalue weighted by Gasteiger charge is -2.39. The van der Waals surface area contributed by atoms with Gasteiger partial charge in [0.1, 0.15) is 17.6 Å². The summed E-state index contributed by atoms with van der Waals surface area (Å²) in [5.41, 5.74) is 4.00. The predicted molar refractivity (Wildman–Crippen MR) is 145 cm³/mol. The Morgan fingerprint density at radius 1 is 1.13 bits per heavy atom. The molecule has 0 spiro atoms. The minimum absolute atomic E-state index is 0.0363. The zero-order valence-corrected chi connectivity index (χ0v) is 22.7. The lowest BCUT2D eigenvalue weighted by atomic mass is 10.0. The fourth-order valence-electron chi connectivity index (χ4n) is 4.90. The minimum Gasteiger partial charge on any atom is -0.367 e. The maximum atomic E-state index is 15.3. The first-order valence-corrected chi connectivity index (χ1v) is 13.4. The van der Waals surface area contributed by atoms with Gasteiger partial charge < -0.3 is 14.2 Å². The highest BCUT2D eigenvalue weighted by Crippen LogP contribution is 2.46. The molecule has 1 aliphatic heterocycles. The molecular weight excluding hydrogens is 533 g/mol. The van der Waals surface area contributed by atoms with E-state index < -0.39 is 18.6 Å². The standard InChI is InChI=1S/C29H28Cl2F2N2O3/c1-17(14-18(2)36)19-8-10-21(11-9-19)35-13-12-25(29(32,33)16-35)37-15-22-27(34-38-28(22)20-6-7-20)26-23(30)4-3-5-24(26)31/h3-5,8-11,14,20,25H,6-7,12-13,15-16H2,1-2H3/b17-14+. The van der Waals surface area contributed by atoms with Crippen LogP contribution in [0.5, 0.6) is 0 Å². The number of carbonyl (C=O) groups excluding carboxylic acids is 1. The molecule has 0 radical (unpaired) electrons. The number of halogens is 4. The Hall–Kier alpha value is -2.74. The van der Waals surface area contributed by atoms with E-state index in [0.29, 0.717) is 44.9 Å². The molecule has 0 bridgehead atoms. The Morgan fingerprint density at radius 3 is 2.42 bits per heavy atom. The third kappa shape index (κ3) is 5.65. The average Bonchev–Trinajstić information content (AvgIpc) is 3.63. The number of alkyl halides is 2. The van der Waals surface area contributed by atoms with Crippen LogP contribution in [0.15, 0.2) is 53.1 Å². The van der Waals surface area contributed by atoms with Crippen molar-refractivity contribution in [3.8, 4) is 11.3 Å². The Kier molecular flexibility index (Phi) is 7.63. The van der Waals surface area contributed by atoms with Crippen molar-refractivity contribution in [3.63, 3.8) is 0 Å². The molecule has 2 aliphatic rings. The van der Waals surface area contributed by atoms with Crippen molar-refractivity contribution in [2.75, 3.05) is 18.0 Å². The smallest absolute Gasteiger partial charge is 0.290 e. The van der Waals surface area contributed by atoms with Crippen LogP contribution in [0.2, 0.25) is 10.0 Å². The van der Waals surface area contributed by atoms with Crippen molar-refractivity contribution in [1.82, 2.24) is 5.16 Å². The molecule has 1 unspecified atom stereocenters. The first-order valence-electron chi connectivity index (χ1n) is 12.6. The number of ketones is 1. The largest absolute Gasteiger partial charge is 0.367 e. The van der Waals surface area contributed by atoms with E-state index >= 15 is 8.78 Å². The van der Waals surface area contributed by atoms with Gasteiger partial charge in [-0.1, -0.05) is 46.6 Å². The average molecular weight is 561 g/mol. The number of hydrogen-bond acceptors (Lipinski definition) is 5. The van der Waals surface area contributed by atoms with Crippen LogP contribution in [-0.2, 0) is 16.1 Å². The van der Waals surface area contributed by atoms with E-state index in [1.165, 1.54) is 6.92 Å². The number of ether oxygens (including phenoxy) is 1. The van der Waals surface area contributed by atoms with Gasteiger partial charge in [0.15, 0.2) is 5.78 Å². The van der Waals surface area contributed by atoms with Gasteiger partial charge in [-0.2, -0.15) is 0 Å². The summed E-state index contributed by atoms with van der Waals surface area (Å²) in [4.78, 5) is 13.0. The zero-order valence-electron chi connectivity index (χ0n) is 21.1. The summed E-state index contributed by atoms with van der Waals surface area (Å²) in [6.07, 6.45) is 2.37. The Balaban J connectivity index is 1.30. The van der Waals surface area contributed by atoms with Gasteiger partial charge >= 0.3 is 0 Å². The molecule has 0 amide bonds. The third-order valence-electron chi connectivity index (χ3n) is 7.04. The number of benzene rings is 2. The summed E-state index contributed by atoms with van der Waals surface area (Å²) in [6.45, 7) is 3.24. The molecule has 2 fully saturated rings. The fraction of sp³-hybridized carbons (Fsp3) is 0.379. The van der Waals surface area contributed by atoms with Crippen LogP contribution in [-0.4, -0.2) is 36.1 Å². The number of piperidine rings is 1. The molecule has 0 N–H and O–H groups in total. The maximum absolute atomic E-state index is 15.3. The molecule has 1 atom stereocenters. The molecule has 1 aromatic heterocycles. The van der Waals surface area contributed by atoms with E-state index in [0.717, 1.165) is 24.0 Å². The van der Waals surface area contributed by atoms with Gasteiger partial charge in [-0.15, -0.1) is 0 Å². The predicted octanol–water partition coefficient (Wildman–Crippen LogP) is 7.95. The molecule has 9 heteroatoms. The molecule has 38 heavy (non-hydrogen) atoms. The number of rotatable bonds is 8. The Labute approximate surface area is 230 Å². The summed E-state index contributed by atoms with van der Waals surface area (Å²) in [6, 6.07) is 12.4. The van der Waals surface area contributed by atoms with E-state index in [1.54, 1.807) is 29.2 Å². The Morgan fingerprint density at radius 2 is 1.82 bits per heavy atom. The van der Waals surface area contributed by atoms with E-state index in [9.17, 15) is 4.79 Å². The molecule has 5 nitrogen and oxygen atoms in total. The van der Waals surface area contributed by atoms with E-state index in [-0.39, 0.29) is 24.7 Å². The van der Waals surface area contributed by atoms with E-state index in [1.807, 2.05) is 31.2 Å². The number of nitrogens with zero attached hydrogens (tertiary/aromatic N) is 2. The second-order valence-corrected chi connectivity index (χ2v) is 10.8. The number of allylic oxidation sites excluding steroid dienone is 2. The summed E-state index contributed by atoms with van der Waals surface area (Å²) >= 11 is 12.8. The first kappa shape index (κ1) is 26.9. The third-order valence-corrected chi connectivity index (χ3v) is 7.67. The minimum atomic E-state index is -3.07. The van der Waals surface area contributed by atoms with Crippen LogP contribution in [0, 0.1) is 0 Å². The normalized spacial score (nSPS) is 19.6. The summed E-state index contributed by atoms with van der Waals surface area (Å²) in [7, 11) is 0. The van der Waals surface area contributed by atoms with Gasteiger partial charge in [0.25, 0.3) is 5.92 Å². The molecule has 1 aliphatic carbocycles. The highest BCUT2D eigenvalue weighted by atomic mass is 35.5. The van der Waals surface area contributed by atoms with Crippen molar-refractivity contribution in [2.45, 2.75) is 57.7 Å². The molecular formula is C29H28Cl2F2N2O3. The summed E-state index contributed by atoms with van der Waals surface area (Å²) < 4.78 is 42.1. The number of aromatic nitrogens is 1. The van der Waals surface area contributed by atoms with E-state index in [4.69, 9.17) is 32.5 Å². The van der Waals surface area contributed by atoms with Crippen molar-refractivity contribution in [2.24, 2.45) is 0 Å². The van der Waals surface area contributed by atoms with Gasteiger partial charge in [0, 0.05) is 29.3 Å². The first-order chi connectivity index (χ1) is 18.1. The van der Waals surface area contributed by atoms with Crippen LogP contribution in [0.3, 0.4) is 0 Å². The second-order valence-electron chi connectivity index (χ2n) is 10.0. The quantitative estimate of drug-likeness (QED) is 0.261. The van der Waals surface area contributed by atoms with Crippen LogP contribution in [0.1, 0.15) is 55.9 Å². The highest BCUT2D eigenvalue weighted by molar-refractivity contribution is 6.39. The SMILES string of the molecule is CC(=O)/C=C(\C)c1ccc(N2CCC(OCc3c(-c4c(Cl)cccc4Cl)noc3C3CC3)C(F)(F)C2)cc1. The van der Waals surface area contributed by atoms with Crippen molar-refractivity contribution >= 4 is 40.2 Å². The van der Waals surface area contributed by atoms with Crippen molar-refractivity contribution < 1.29 is 22.8 Å². The molecule has 2 heterocycles. The second kappa shape index (κ2) is 10.8. The van der Waals surface area contributed by atoms with Crippen molar-refractivity contribution in [3.05, 3.63) is 75.5 Å². The number of hydrogen-bond donors (Lipinski definition) is 0. The summed E-state index contributed by atoms with van der Waals surface area (Å²) in [5.74, 6) is -2.24. The Bertz CT molecular complexity index is 1350. The van der Waals surface area contributed by atoms with Gasteiger partial charge in [0.2, 0.25) is 0 Å². The molecule has 3 aromatic rings. The van der Waals surface area contributed by atoms with E-state index in [2.05, 4.69) is 5.16 Å². The molecule has 1 saturated heterocycles. The van der Waals surface area contributed by atoms with Gasteiger partial charge in [0.05, 0.1) is 23.2 Å². The van der Waals surface area contributed by atoms with Crippen LogP contribution >= 0.6 is 23.2 Å². The maximum Gasteiger partial charge on any atom is 0.290 e. The van der Waals surface area contributed by atoms with Crippen LogP contribution < -0.4 is 4.90 Å². The lowest BCUT2D eigenvalue weighted by Crippen LogP contribution is -2.52. The van der Waals surface area contributed by atoms with Gasteiger partial charge in [-0.05, 0) is 74.6 Å². The van der Waals surface area contributed by atoms with Crippen LogP contribution in [0.4, 0.5) is 14.5 Å². The monoisotopic (exact) mass is 560 g/mol. The topological polar surface area (TPSA) is 55.6 Å². The van der Waals surface area contributed by atoms with Gasteiger partial charge in [-0.3, -0.25) is 4.79 Å². The van der Waals surface area contributed by atoms with Crippen molar-refractivity contribution in [1.29, 1.82) is 0 Å². The fourth-order valence-corrected chi connectivity index (χ4v) is 5.48. The molecule has 1 saturated carbocycles. The molecule has 200 valence electrons. The number of carbonyl (C=O) groups is 1. The number of anilines is 1. The molecule has 5 rings (SSSR count). The van der Waals surface area contributed by atoms with Gasteiger partial charge in [-0.25, -0.2) is 8.78 Å². The highest BCUT2D eigenvalue weighted by Gasteiger charge is 2.46.